The van der Waals surface area contributed by atoms with E-state index in [2.05, 4.69) is 17.0 Å². The Morgan fingerprint density at radius 1 is 1.12 bits per heavy atom. The van der Waals surface area contributed by atoms with Gasteiger partial charge in [-0.1, -0.05) is 30.3 Å². The Bertz CT molecular complexity index is 585. The summed E-state index contributed by atoms with van der Waals surface area (Å²) in [5.74, 6) is -0.218. The Hall–Kier alpha value is -1.92. The molecule has 1 atom stereocenters. The van der Waals surface area contributed by atoms with Crippen LogP contribution in [0.5, 0.6) is 0 Å². The Labute approximate surface area is 148 Å². The van der Waals surface area contributed by atoms with E-state index in [1.165, 1.54) is 5.56 Å². The van der Waals surface area contributed by atoms with Crippen LogP contribution < -0.4 is 5.73 Å². The summed E-state index contributed by atoms with van der Waals surface area (Å²) in [5.41, 5.74) is 6.63. The highest BCUT2D eigenvalue weighted by atomic mass is 16.5. The average Bonchev–Trinajstić information content (AvgIpc) is 2.63. The molecule has 6 nitrogen and oxygen atoms in total. The molecule has 136 valence electrons. The molecule has 6 heteroatoms. The SMILES string of the molecule is NC(=O)C1CCN(C(=O)C[C@@H]2CN(Cc3ccccc3)CCO2)CC1. The molecule has 0 spiro atoms. The summed E-state index contributed by atoms with van der Waals surface area (Å²) in [6, 6.07) is 10.4. The van der Waals surface area contributed by atoms with Crippen molar-refractivity contribution in [1.29, 1.82) is 0 Å². The molecule has 2 heterocycles. The summed E-state index contributed by atoms with van der Waals surface area (Å²) < 4.78 is 5.80. The Balaban J connectivity index is 1.46. The molecule has 0 unspecified atom stereocenters. The van der Waals surface area contributed by atoms with E-state index >= 15 is 0 Å². The number of nitrogens with zero attached hydrogens (tertiary/aromatic N) is 2. The first-order chi connectivity index (χ1) is 12.1. The molecule has 1 aromatic carbocycles. The highest BCUT2D eigenvalue weighted by Gasteiger charge is 2.29. The molecular formula is C19H27N3O3. The van der Waals surface area contributed by atoms with Crippen LogP contribution in [0.15, 0.2) is 30.3 Å². The molecule has 0 radical (unpaired) electrons. The molecule has 2 amide bonds. The van der Waals surface area contributed by atoms with Gasteiger partial charge in [0.05, 0.1) is 19.1 Å². The van der Waals surface area contributed by atoms with Gasteiger partial charge in [0, 0.05) is 38.6 Å². The van der Waals surface area contributed by atoms with Crippen molar-refractivity contribution in [2.75, 3.05) is 32.8 Å². The lowest BCUT2D eigenvalue weighted by Crippen LogP contribution is -2.46. The van der Waals surface area contributed by atoms with Crippen molar-refractivity contribution in [1.82, 2.24) is 9.80 Å². The molecule has 2 aliphatic rings. The normalized spacial score (nSPS) is 22.7. The van der Waals surface area contributed by atoms with Crippen molar-refractivity contribution in [2.45, 2.75) is 31.9 Å². The largest absolute Gasteiger partial charge is 0.375 e. The second kappa shape index (κ2) is 8.45. The number of morpholine rings is 1. The lowest BCUT2D eigenvalue weighted by atomic mass is 9.96. The molecule has 25 heavy (non-hydrogen) atoms. The fourth-order valence-corrected chi connectivity index (χ4v) is 3.63. The predicted molar refractivity (Wildman–Crippen MR) is 94.6 cm³/mol. The summed E-state index contributed by atoms with van der Waals surface area (Å²) in [7, 11) is 0. The molecular weight excluding hydrogens is 318 g/mol. The molecule has 0 aromatic heterocycles. The lowest BCUT2D eigenvalue weighted by molar-refractivity contribution is -0.139. The van der Waals surface area contributed by atoms with Crippen molar-refractivity contribution < 1.29 is 14.3 Å². The second-order valence-electron chi connectivity index (χ2n) is 6.98. The highest BCUT2D eigenvalue weighted by Crippen LogP contribution is 2.19. The fraction of sp³-hybridized carbons (Fsp3) is 0.579. The minimum atomic E-state index is -0.251. The number of hydrogen-bond acceptors (Lipinski definition) is 4. The standard InChI is InChI=1S/C19H27N3O3/c20-19(24)16-6-8-22(9-7-16)18(23)12-17-14-21(10-11-25-17)13-15-4-2-1-3-5-15/h1-5,16-17H,6-14H2,(H2,20,24)/t17-/m1/s1. The second-order valence-corrected chi connectivity index (χ2v) is 6.98. The number of hydrogen-bond donors (Lipinski definition) is 1. The van der Waals surface area contributed by atoms with Gasteiger partial charge in [0.2, 0.25) is 11.8 Å². The number of primary amides is 1. The molecule has 0 bridgehead atoms. The quantitative estimate of drug-likeness (QED) is 0.864. The van der Waals surface area contributed by atoms with Gasteiger partial charge in [0.1, 0.15) is 0 Å². The third-order valence-corrected chi connectivity index (χ3v) is 5.12. The minimum absolute atomic E-state index is 0.0566. The summed E-state index contributed by atoms with van der Waals surface area (Å²) in [4.78, 5) is 27.9. The van der Waals surface area contributed by atoms with Crippen LogP contribution in [0.3, 0.4) is 0 Å². The molecule has 0 saturated carbocycles. The minimum Gasteiger partial charge on any atom is -0.375 e. The molecule has 1 aromatic rings. The van der Waals surface area contributed by atoms with Gasteiger partial charge in [-0.05, 0) is 18.4 Å². The van der Waals surface area contributed by atoms with Gasteiger partial charge in [0.25, 0.3) is 0 Å². The summed E-state index contributed by atoms with van der Waals surface area (Å²) >= 11 is 0. The van der Waals surface area contributed by atoms with Crippen LogP contribution in [0.2, 0.25) is 0 Å². The van der Waals surface area contributed by atoms with Gasteiger partial charge in [0.15, 0.2) is 0 Å². The maximum atomic E-state index is 12.5. The first-order valence-corrected chi connectivity index (χ1v) is 9.07. The lowest BCUT2D eigenvalue weighted by Gasteiger charge is -2.35. The van der Waals surface area contributed by atoms with E-state index in [9.17, 15) is 9.59 Å². The van der Waals surface area contributed by atoms with Crippen molar-refractivity contribution in [3.8, 4) is 0 Å². The van der Waals surface area contributed by atoms with Gasteiger partial charge < -0.3 is 15.4 Å². The molecule has 2 fully saturated rings. The molecule has 2 N–H and O–H groups in total. The summed E-state index contributed by atoms with van der Waals surface area (Å²) in [6.45, 7) is 4.45. The van der Waals surface area contributed by atoms with E-state index in [0.717, 1.165) is 19.6 Å². The molecule has 3 rings (SSSR count). The van der Waals surface area contributed by atoms with E-state index in [1.807, 2.05) is 23.1 Å². The number of nitrogens with two attached hydrogens (primary N) is 1. The third kappa shape index (κ3) is 5.03. The van der Waals surface area contributed by atoms with Crippen molar-refractivity contribution >= 4 is 11.8 Å². The predicted octanol–water partition coefficient (Wildman–Crippen LogP) is 1.00. The van der Waals surface area contributed by atoms with Crippen LogP contribution in [-0.4, -0.2) is 60.5 Å². The van der Waals surface area contributed by atoms with Crippen molar-refractivity contribution in [3.05, 3.63) is 35.9 Å². The number of likely N-dealkylation sites (tertiary alicyclic amines) is 1. The van der Waals surface area contributed by atoms with Gasteiger partial charge >= 0.3 is 0 Å². The van der Waals surface area contributed by atoms with Crippen LogP contribution in [0, 0.1) is 5.92 Å². The third-order valence-electron chi connectivity index (χ3n) is 5.12. The Morgan fingerprint density at radius 3 is 2.52 bits per heavy atom. The van der Waals surface area contributed by atoms with Gasteiger partial charge in [-0.3, -0.25) is 14.5 Å². The summed E-state index contributed by atoms with van der Waals surface area (Å²) in [6.07, 6.45) is 1.70. The van der Waals surface area contributed by atoms with E-state index in [0.29, 0.717) is 39.0 Å². The topological polar surface area (TPSA) is 75.9 Å². The molecule has 2 aliphatic heterocycles. The number of carbonyl (C=O) groups excluding carboxylic acids is 2. The van der Waals surface area contributed by atoms with Crippen LogP contribution in [0.4, 0.5) is 0 Å². The average molecular weight is 345 g/mol. The number of carbonyl (C=O) groups is 2. The fourth-order valence-electron chi connectivity index (χ4n) is 3.63. The number of amides is 2. The molecule has 2 saturated heterocycles. The number of ether oxygens (including phenoxy) is 1. The zero-order valence-electron chi connectivity index (χ0n) is 14.6. The first-order valence-electron chi connectivity index (χ1n) is 9.07. The van der Waals surface area contributed by atoms with Crippen LogP contribution in [-0.2, 0) is 20.9 Å². The zero-order valence-corrected chi connectivity index (χ0v) is 14.6. The Kier molecular flexibility index (Phi) is 6.04. The van der Waals surface area contributed by atoms with Crippen LogP contribution in [0.25, 0.3) is 0 Å². The Morgan fingerprint density at radius 2 is 1.84 bits per heavy atom. The van der Waals surface area contributed by atoms with E-state index in [-0.39, 0.29) is 23.8 Å². The number of rotatable bonds is 5. The van der Waals surface area contributed by atoms with Gasteiger partial charge in [-0.2, -0.15) is 0 Å². The van der Waals surface area contributed by atoms with Crippen molar-refractivity contribution in [3.63, 3.8) is 0 Å². The van der Waals surface area contributed by atoms with Gasteiger partial charge in [-0.15, -0.1) is 0 Å². The molecule has 0 aliphatic carbocycles. The van der Waals surface area contributed by atoms with Crippen LogP contribution >= 0.6 is 0 Å². The van der Waals surface area contributed by atoms with E-state index in [4.69, 9.17) is 10.5 Å². The van der Waals surface area contributed by atoms with Gasteiger partial charge in [-0.25, -0.2) is 0 Å². The summed E-state index contributed by atoms with van der Waals surface area (Å²) in [5, 5.41) is 0. The van der Waals surface area contributed by atoms with Crippen LogP contribution in [0.1, 0.15) is 24.8 Å². The maximum absolute atomic E-state index is 12.5. The number of piperidine rings is 1. The van der Waals surface area contributed by atoms with Crippen molar-refractivity contribution in [2.24, 2.45) is 11.7 Å². The smallest absolute Gasteiger partial charge is 0.225 e. The van der Waals surface area contributed by atoms with E-state index < -0.39 is 0 Å². The maximum Gasteiger partial charge on any atom is 0.225 e. The first kappa shape index (κ1) is 17.9. The van der Waals surface area contributed by atoms with E-state index in [1.54, 1.807) is 0 Å². The zero-order chi connectivity index (χ0) is 17.6. The number of benzene rings is 1. The monoisotopic (exact) mass is 345 g/mol. The highest BCUT2D eigenvalue weighted by molar-refractivity contribution is 5.79.